The maximum absolute atomic E-state index is 12.2. The summed E-state index contributed by atoms with van der Waals surface area (Å²) in [6.45, 7) is 8.02. The van der Waals surface area contributed by atoms with Crippen LogP contribution in [0.25, 0.3) is 0 Å². The Kier molecular flexibility index (Phi) is 5.20. The highest BCUT2D eigenvalue weighted by Gasteiger charge is 2.21. The SMILES string of the molecule is CCC(C)NC(=O)c1noc(C)c1COc1ccc(C)cc1. The summed E-state index contributed by atoms with van der Waals surface area (Å²) in [5.74, 6) is 1.12. The first kappa shape index (κ1) is 16.1. The molecule has 2 aromatic rings. The van der Waals surface area contributed by atoms with Crippen molar-refractivity contribution >= 4 is 5.91 Å². The van der Waals surface area contributed by atoms with Crippen molar-refractivity contribution in [2.75, 3.05) is 0 Å². The molecule has 0 saturated carbocycles. The molecule has 1 unspecified atom stereocenters. The number of aryl methyl sites for hydroxylation is 2. The Morgan fingerprint density at radius 2 is 2.00 bits per heavy atom. The second-order valence-electron chi connectivity index (χ2n) is 5.45. The summed E-state index contributed by atoms with van der Waals surface area (Å²) < 4.78 is 10.9. The quantitative estimate of drug-likeness (QED) is 0.888. The van der Waals surface area contributed by atoms with Gasteiger partial charge in [0.2, 0.25) is 0 Å². The summed E-state index contributed by atoms with van der Waals surface area (Å²) in [4.78, 5) is 12.2. The van der Waals surface area contributed by atoms with Gasteiger partial charge in [-0.05, 0) is 39.3 Å². The minimum Gasteiger partial charge on any atom is -0.489 e. The summed E-state index contributed by atoms with van der Waals surface area (Å²) in [5, 5.41) is 6.75. The van der Waals surface area contributed by atoms with Crippen molar-refractivity contribution in [2.45, 2.75) is 46.8 Å². The number of nitrogens with one attached hydrogen (secondary N) is 1. The standard InChI is InChI=1S/C17H22N2O3/c1-5-12(3)18-17(20)16-15(13(4)22-19-16)10-21-14-8-6-11(2)7-9-14/h6-9,12H,5,10H2,1-4H3,(H,18,20). The van der Waals surface area contributed by atoms with E-state index in [1.54, 1.807) is 6.92 Å². The zero-order chi connectivity index (χ0) is 16.1. The van der Waals surface area contributed by atoms with Gasteiger partial charge in [-0.25, -0.2) is 0 Å². The number of hydrogen-bond acceptors (Lipinski definition) is 4. The molecule has 0 fully saturated rings. The van der Waals surface area contributed by atoms with E-state index in [0.717, 1.165) is 12.2 Å². The van der Waals surface area contributed by atoms with E-state index >= 15 is 0 Å². The van der Waals surface area contributed by atoms with Crippen molar-refractivity contribution in [1.29, 1.82) is 0 Å². The Labute approximate surface area is 130 Å². The minimum atomic E-state index is -0.228. The molecule has 1 aromatic heterocycles. The van der Waals surface area contributed by atoms with Crippen LogP contribution in [-0.2, 0) is 6.61 Å². The first-order valence-corrected chi connectivity index (χ1v) is 7.46. The van der Waals surface area contributed by atoms with Crippen molar-refractivity contribution in [3.05, 3.63) is 46.8 Å². The molecule has 2 rings (SSSR count). The highest BCUT2D eigenvalue weighted by Crippen LogP contribution is 2.18. The highest BCUT2D eigenvalue weighted by atomic mass is 16.5. The van der Waals surface area contributed by atoms with Crippen LogP contribution in [-0.4, -0.2) is 17.1 Å². The van der Waals surface area contributed by atoms with E-state index in [1.165, 1.54) is 5.56 Å². The molecule has 0 spiro atoms. The maximum Gasteiger partial charge on any atom is 0.274 e. The molecule has 1 atom stereocenters. The van der Waals surface area contributed by atoms with Gasteiger partial charge in [-0.2, -0.15) is 0 Å². The maximum atomic E-state index is 12.2. The van der Waals surface area contributed by atoms with Gasteiger partial charge in [-0.3, -0.25) is 4.79 Å². The normalized spacial score (nSPS) is 12.0. The summed E-state index contributed by atoms with van der Waals surface area (Å²) in [6, 6.07) is 7.85. The van der Waals surface area contributed by atoms with Crippen molar-refractivity contribution in [2.24, 2.45) is 0 Å². The molecule has 5 heteroatoms. The van der Waals surface area contributed by atoms with E-state index in [2.05, 4.69) is 10.5 Å². The molecule has 0 aliphatic heterocycles. The molecule has 0 aliphatic carbocycles. The number of ether oxygens (including phenoxy) is 1. The molecule has 5 nitrogen and oxygen atoms in total. The van der Waals surface area contributed by atoms with E-state index in [9.17, 15) is 4.79 Å². The molecule has 0 radical (unpaired) electrons. The third-order valence-corrected chi connectivity index (χ3v) is 3.59. The van der Waals surface area contributed by atoms with Crippen LogP contribution in [0, 0.1) is 13.8 Å². The van der Waals surface area contributed by atoms with Gasteiger partial charge in [-0.1, -0.05) is 29.8 Å². The van der Waals surface area contributed by atoms with Crippen molar-refractivity contribution in [3.8, 4) is 5.75 Å². The highest BCUT2D eigenvalue weighted by molar-refractivity contribution is 5.93. The lowest BCUT2D eigenvalue weighted by Gasteiger charge is -2.11. The Bertz CT molecular complexity index is 632. The zero-order valence-electron chi connectivity index (χ0n) is 13.5. The molecule has 1 amide bonds. The van der Waals surface area contributed by atoms with Gasteiger partial charge in [0.25, 0.3) is 5.91 Å². The predicted octanol–water partition coefficient (Wildman–Crippen LogP) is 3.40. The van der Waals surface area contributed by atoms with Crippen LogP contribution < -0.4 is 10.1 Å². The fraction of sp³-hybridized carbons (Fsp3) is 0.412. The topological polar surface area (TPSA) is 64.4 Å². The van der Waals surface area contributed by atoms with Gasteiger partial charge in [-0.15, -0.1) is 0 Å². The third-order valence-electron chi connectivity index (χ3n) is 3.59. The van der Waals surface area contributed by atoms with Crippen LogP contribution in [0.3, 0.4) is 0 Å². The molecular weight excluding hydrogens is 280 g/mol. The van der Waals surface area contributed by atoms with Gasteiger partial charge >= 0.3 is 0 Å². The lowest BCUT2D eigenvalue weighted by molar-refractivity contribution is 0.0928. The van der Waals surface area contributed by atoms with Gasteiger partial charge in [0.15, 0.2) is 5.69 Å². The molecule has 0 aliphatic rings. The largest absolute Gasteiger partial charge is 0.489 e. The molecule has 22 heavy (non-hydrogen) atoms. The number of carbonyl (C=O) groups excluding carboxylic acids is 1. The van der Waals surface area contributed by atoms with E-state index < -0.39 is 0 Å². The summed E-state index contributed by atoms with van der Waals surface area (Å²) in [5.41, 5.74) is 2.15. The van der Waals surface area contributed by atoms with Crippen LogP contribution >= 0.6 is 0 Å². The minimum absolute atomic E-state index is 0.0929. The average molecular weight is 302 g/mol. The first-order valence-electron chi connectivity index (χ1n) is 7.46. The summed E-state index contributed by atoms with van der Waals surface area (Å²) in [7, 11) is 0. The smallest absolute Gasteiger partial charge is 0.274 e. The Morgan fingerprint density at radius 1 is 1.32 bits per heavy atom. The fourth-order valence-corrected chi connectivity index (χ4v) is 1.92. The number of nitrogens with zero attached hydrogens (tertiary/aromatic N) is 1. The van der Waals surface area contributed by atoms with Crippen LogP contribution in [0.15, 0.2) is 28.8 Å². The molecule has 1 aromatic carbocycles. The van der Waals surface area contributed by atoms with Crippen molar-refractivity contribution < 1.29 is 14.1 Å². The second-order valence-corrected chi connectivity index (χ2v) is 5.45. The number of aromatic nitrogens is 1. The second kappa shape index (κ2) is 7.11. The lowest BCUT2D eigenvalue weighted by atomic mass is 10.1. The van der Waals surface area contributed by atoms with E-state index in [4.69, 9.17) is 9.26 Å². The number of carbonyl (C=O) groups is 1. The molecule has 0 bridgehead atoms. The first-order chi connectivity index (χ1) is 10.5. The molecule has 0 saturated heterocycles. The van der Waals surface area contributed by atoms with Gasteiger partial charge in [0.1, 0.15) is 18.1 Å². The number of rotatable bonds is 6. The molecular formula is C17H22N2O3. The van der Waals surface area contributed by atoms with Gasteiger partial charge in [0.05, 0.1) is 5.56 Å². The number of benzene rings is 1. The third kappa shape index (κ3) is 3.87. The van der Waals surface area contributed by atoms with Crippen LogP contribution in [0.1, 0.15) is 47.6 Å². The summed E-state index contributed by atoms with van der Waals surface area (Å²) in [6.07, 6.45) is 0.859. The van der Waals surface area contributed by atoms with Crippen LogP contribution in [0.4, 0.5) is 0 Å². The average Bonchev–Trinajstić information content (AvgIpc) is 2.87. The Balaban J connectivity index is 2.09. The van der Waals surface area contributed by atoms with Gasteiger partial charge in [0, 0.05) is 6.04 Å². The molecule has 1 N–H and O–H groups in total. The fourth-order valence-electron chi connectivity index (χ4n) is 1.92. The monoisotopic (exact) mass is 302 g/mol. The zero-order valence-corrected chi connectivity index (χ0v) is 13.5. The van der Waals surface area contributed by atoms with E-state index in [0.29, 0.717) is 17.0 Å². The van der Waals surface area contributed by atoms with Crippen LogP contribution in [0.2, 0.25) is 0 Å². The molecule has 1 heterocycles. The van der Waals surface area contributed by atoms with Crippen molar-refractivity contribution in [3.63, 3.8) is 0 Å². The lowest BCUT2D eigenvalue weighted by Crippen LogP contribution is -2.32. The van der Waals surface area contributed by atoms with Crippen LogP contribution in [0.5, 0.6) is 5.75 Å². The Morgan fingerprint density at radius 3 is 2.64 bits per heavy atom. The van der Waals surface area contributed by atoms with Crippen molar-refractivity contribution in [1.82, 2.24) is 10.5 Å². The number of hydrogen-bond donors (Lipinski definition) is 1. The Hall–Kier alpha value is -2.30. The molecule has 118 valence electrons. The summed E-state index contributed by atoms with van der Waals surface area (Å²) >= 11 is 0. The predicted molar refractivity (Wildman–Crippen MR) is 84.0 cm³/mol. The van der Waals surface area contributed by atoms with Gasteiger partial charge < -0.3 is 14.6 Å². The van der Waals surface area contributed by atoms with E-state index in [1.807, 2.05) is 45.0 Å². The number of amides is 1. The van der Waals surface area contributed by atoms with E-state index in [-0.39, 0.29) is 18.6 Å².